The SMILES string of the molecule is COc1cc(-c2cc3c(s2)c(=O)n(-c2cncc4cnn(CC(F)F)c24)c(=O)n3CCC#N)c(Cl)cc1F. The molecule has 0 N–H and O–H groups in total. The van der Waals surface area contributed by atoms with E-state index < -0.39 is 30.0 Å². The third-order valence-electron chi connectivity index (χ3n) is 5.85. The molecule has 4 aromatic heterocycles. The fraction of sp³-hybridized carbons (Fsp3) is 0.208. The molecule has 0 fully saturated rings. The zero-order valence-corrected chi connectivity index (χ0v) is 21.1. The van der Waals surface area contributed by atoms with E-state index in [-0.39, 0.29) is 45.2 Å². The molecular formula is C24H16ClF3N6O3S. The van der Waals surface area contributed by atoms with Crippen molar-refractivity contribution in [3.8, 4) is 27.9 Å². The summed E-state index contributed by atoms with van der Waals surface area (Å²) >= 11 is 7.29. The largest absolute Gasteiger partial charge is 0.494 e. The van der Waals surface area contributed by atoms with Gasteiger partial charge in [-0.25, -0.2) is 22.5 Å². The summed E-state index contributed by atoms with van der Waals surface area (Å²) in [7, 11) is 1.30. The van der Waals surface area contributed by atoms with Gasteiger partial charge in [0.1, 0.15) is 11.2 Å². The summed E-state index contributed by atoms with van der Waals surface area (Å²) in [6.07, 6.45) is 1.15. The molecule has 0 saturated carbocycles. The maximum atomic E-state index is 14.1. The van der Waals surface area contributed by atoms with Crippen molar-refractivity contribution in [1.29, 1.82) is 5.26 Å². The third kappa shape index (κ3) is 4.21. The van der Waals surface area contributed by atoms with Gasteiger partial charge in [-0.3, -0.25) is 19.0 Å². The molecule has 0 aliphatic heterocycles. The lowest BCUT2D eigenvalue weighted by Crippen LogP contribution is -2.38. The number of alkyl halides is 2. The van der Waals surface area contributed by atoms with Crippen molar-refractivity contribution in [3.63, 3.8) is 0 Å². The molecule has 14 heteroatoms. The summed E-state index contributed by atoms with van der Waals surface area (Å²) in [5.41, 5.74) is -0.793. The van der Waals surface area contributed by atoms with Crippen LogP contribution in [0.5, 0.6) is 5.75 Å². The normalized spacial score (nSPS) is 11.5. The van der Waals surface area contributed by atoms with Gasteiger partial charge in [0, 0.05) is 28.6 Å². The first-order chi connectivity index (χ1) is 18.2. The topological polar surface area (TPSA) is 108 Å². The average Bonchev–Trinajstić information content (AvgIpc) is 3.49. The van der Waals surface area contributed by atoms with Crippen molar-refractivity contribution in [1.82, 2.24) is 23.9 Å². The monoisotopic (exact) mass is 560 g/mol. The van der Waals surface area contributed by atoms with Gasteiger partial charge in [-0.05, 0) is 18.2 Å². The highest BCUT2D eigenvalue weighted by atomic mass is 35.5. The number of rotatable bonds is 7. The summed E-state index contributed by atoms with van der Waals surface area (Å²) in [5, 5.41) is 13.6. The number of nitriles is 1. The molecule has 1 aromatic carbocycles. The Hall–Kier alpha value is -4.15. The first-order valence-electron chi connectivity index (χ1n) is 11.0. The van der Waals surface area contributed by atoms with Crippen LogP contribution in [0, 0.1) is 17.1 Å². The van der Waals surface area contributed by atoms with E-state index in [1.165, 1.54) is 36.3 Å². The van der Waals surface area contributed by atoms with Gasteiger partial charge in [-0.1, -0.05) is 11.6 Å². The molecule has 38 heavy (non-hydrogen) atoms. The van der Waals surface area contributed by atoms with Crippen molar-refractivity contribution in [3.05, 3.63) is 68.5 Å². The highest BCUT2D eigenvalue weighted by Crippen LogP contribution is 2.39. The van der Waals surface area contributed by atoms with Crippen LogP contribution in [0.4, 0.5) is 13.2 Å². The minimum Gasteiger partial charge on any atom is -0.494 e. The Kier molecular flexibility index (Phi) is 6.68. The van der Waals surface area contributed by atoms with Crippen LogP contribution in [0.3, 0.4) is 0 Å². The van der Waals surface area contributed by atoms with Gasteiger partial charge in [0.25, 0.3) is 12.0 Å². The minimum absolute atomic E-state index is 0.0281. The van der Waals surface area contributed by atoms with E-state index in [0.29, 0.717) is 15.8 Å². The zero-order valence-electron chi connectivity index (χ0n) is 19.5. The van der Waals surface area contributed by atoms with Crippen molar-refractivity contribution in [2.45, 2.75) is 25.9 Å². The van der Waals surface area contributed by atoms with Crippen LogP contribution < -0.4 is 16.0 Å². The lowest BCUT2D eigenvalue weighted by Gasteiger charge is -2.13. The number of halogens is 4. The molecule has 194 valence electrons. The molecule has 0 atom stereocenters. The molecule has 0 aliphatic rings. The van der Waals surface area contributed by atoms with Gasteiger partial charge in [-0.15, -0.1) is 11.3 Å². The fourth-order valence-corrected chi connectivity index (χ4v) is 5.63. The van der Waals surface area contributed by atoms with Crippen LogP contribution >= 0.6 is 22.9 Å². The summed E-state index contributed by atoms with van der Waals surface area (Å²) in [6, 6.07) is 5.99. The highest BCUT2D eigenvalue weighted by Gasteiger charge is 2.23. The quantitative estimate of drug-likeness (QED) is 0.288. The average molecular weight is 561 g/mol. The van der Waals surface area contributed by atoms with Gasteiger partial charge < -0.3 is 4.74 Å². The first-order valence-corrected chi connectivity index (χ1v) is 12.2. The number of nitrogens with zero attached hydrogens (tertiary/aromatic N) is 6. The number of ether oxygens (including phenoxy) is 1. The van der Waals surface area contributed by atoms with E-state index in [2.05, 4.69) is 10.1 Å². The van der Waals surface area contributed by atoms with Gasteiger partial charge in [0.15, 0.2) is 11.6 Å². The van der Waals surface area contributed by atoms with E-state index in [1.54, 1.807) is 6.07 Å². The van der Waals surface area contributed by atoms with Gasteiger partial charge in [0.2, 0.25) is 0 Å². The second kappa shape index (κ2) is 9.96. The predicted molar refractivity (Wildman–Crippen MR) is 136 cm³/mol. The summed E-state index contributed by atoms with van der Waals surface area (Å²) < 4.78 is 48.9. The fourth-order valence-electron chi connectivity index (χ4n) is 4.20. The third-order valence-corrected chi connectivity index (χ3v) is 7.31. The molecule has 0 amide bonds. The van der Waals surface area contributed by atoms with Crippen LogP contribution in [0.1, 0.15) is 6.42 Å². The Morgan fingerprint density at radius 3 is 2.71 bits per heavy atom. The Labute approximate surface area is 220 Å². The second-order valence-corrected chi connectivity index (χ2v) is 9.55. The molecule has 0 aliphatic carbocycles. The molecule has 5 aromatic rings. The van der Waals surface area contributed by atoms with Gasteiger partial charge >= 0.3 is 5.69 Å². The zero-order chi connectivity index (χ0) is 27.1. The molecule has 0 radical (unpaired) electrons. The number of hydrogen-bond acceptors (Lipinski definition) is 7. The van der Waals surface area contributed by atoms with Crippen LogP contribution in [-0.4, -0.2) is 37.4 Å². The molecular weight excluding hydrogens is 545 g/mol. The lowest BCUT2D eigenvalue weighted by atomic mass is 10.1. The van der Waals surface area contributed by atoms with Crippen LogP contribution in [0.25, 0.3) is 37.2 Å². The highest BCUT2D eigenvalue weighted by molar-refractivity contribution is 7.22. The van der Waals surface area contributed by atoms with Crippen molar-refractivity contribution in [2.75, 3.05) is 7.11 Å². The van der Waals surface area contributed by atoms with Gasteiger partial charge in [0.05, 0.1) is 53.7 Å². The van der Waals surface area contributed by atoms with E-state index in [0.717, 1.165) is 26.7 Å². The standard InChI is InChI=1S/C24H16ClF3N6O3S/c1-37-18-5-13(14(25)6-15(18)26)19-7-16-22(38-19)23(35)34(24(36)32(16)4-2-3-29)17-10-30-8-12-9-31-33(21(12)17)11-20(27)28/h5-10,20H,2,4,11H2,1H3. The molecule has 4 heterocycles. The van der Waals surface area contributed by atoms with Crippen LogP contribution in [0.15, 0.2) is 46.4 Å². The number of methoxy groups -OCH3 is 1. The van der Waals surface area contributed by atoms with E-state index in [9.17, 15) is 28.0 Å². The molecule has 9 nitrogen and oxygen atoms in total. The van der Waals surface area contributed by atoms with Crippen molar-refractivity contribution < 1.29 is 17.9 Å². The Balaban J connectivity index is 1.83. The van der Waals surface area contributed by atoms with E-state index in [4.69, 9.17) is 16.3 Å². The first kappa shape index (κ1) is 25.5. The second-order valence-electron chi connectivity index (χ2n) is 8.09. The summed E-state index contributed by atoms with van der Waals surface area (Å²) in [4.78, 5) is 31.9. The number of fused-ring (bicyclic) bond motifs is 2. The van der Waals surface area contributed by atoms with E-state index >= 15 is 0 Å². The summed E-state index contributed by atoms with van der Waals surface area (Å²) in [5.74, 6) is -0.733. The van der Waals surface area contributed by atoms with E-state index in [1.807, 2.05) is 6.07 Å². The number of aromatic nitrogens is 5. The lowest BCUT2D eigenvalue weighted by molar-refractivity contribution is 0.123. The Bertz CT molecular complexity index is 1870. The smallest absolute Gasteiger partial charge is 0.336 e. The van der Waals surface area contributed by atoms with Gasteiger partial charge in [-0.2, -0.15) is 10.4 Å². The molecule has 0 unspecified atom stereocenters. The minimum atomic E-state index is -2.73. The Morgan fingerprint density at radius 2 is 2.00 bits per heavy atom. The Morgan fingerprint density at radius 1 is 1.21 bits per heavy atom. The van der Waals surface area contributed by atoms with Crippen LogP contribution in [-0.2, 0) is 13.1 Å². The summed E-state index contributed by atoms with van der Waals surface area (Å²) in [6.45, 7) is -0.809. The number of pyridine rings is 1. The van der Waals surface area contributed by atoms with Crippen LogP contribution in [0.2, 0.25) is 5.02 Å². The number of benzene rings is 1. The van der Waals surface area contributed by atoms with Crippen molar-refractivity contribution in [2.24, 2.45) is 0 Å². The molecule has 5 rings (SSSR count). The molecule has 0 saturated heterocycles. The maximum absolute atomic E-state index is 14.1. The van der Waals surface area contributed by atoms with Crippen molar-refractivity contribution >= 4 is 44.1 Å². The molecule has 0 bridgehead atoms. The number of hydrogen-bond donors (Lipinski definition) is 0. The predicted octanol–water partition coefficient (Wildman–Crippen LogP) is 4.61. The number of aryl methyl sites for hydroxylation is 1. The number of thiophene rings is 1. The molecule has 0 spiro atoms. The maximum Gasteiger partial charge on any atom is 0.336 e.